The summed E-state index contributed by atoms with van der Waals surface area (Å²) in [6.07, 6.45) is 6.62. The largest absolute Gasteiger partial charge is 0.362 e. The maximum Gasteiger partial charge on any atom is 0.273 e. The van der Waals surface area contributed by atoms with Crippen LogP contribution in [-0.4, -0.2) is 31.5 Å². The maximum absolute atomic E-state index is 12.0. The average molecular weight is 244 g/mol. The Labute approximate surface area is 95.7 Å². The van der Waals surface area contributed by atoms with Gasteiger partial charge in [0.25, 0.3) is 10.1 Å². The summed E-state index contributed by atoms with van der Waals surface area (Å²) in [5, 5.41) is -0.483. The monoisotopic (exact) mass is 244 g/mol. The number of ether oxygens (including phenoxy) is 1. The van der Waals surface area contributed by atoms with Crippen molar-refractivity contribution in [2.75, 3.05) is 0 Å². The van der Waals surface area contributed by atoms with Crippen molar-refractivity contribution in [3.63, 3.8) is 0 Å². The van der Waals surface area contributed by atoms with Gasteiger partial charge in [-0.25, -0.2) is 0 Å². The molecule has 90 valence electrons. The van der Waals surface area contributed by atoms with Crippen LogP contribution in [-0.2, 0) is 19.0 Å². The van der Waals surface area contributed by atoms with E-state index in [-0.39, 0.29) is 12.2 Å². The Morgan fingerprint density at radius 3 is 3.00 bits per heavy atom. The molecule has 3 aliphatic rings. The van der Waals surface area contributed by atoms with Crippen molar-refractivity contribution >= 4 is 10.1 Å². The fraction of sp³-hybridized carbons (Fsp3) is 0.818. The van der Waals surface area contributed by atoms with Crippen molar-refractivity contribution in [2.45, 2.75) is 55.7 Å². The Bertz CT molecular complexity index is 427. The molecule has 4 nitrogen and oxygen atoms in total. The molecule has 3 aliphatic heterocycles. The number of rotatable bonds is 2. The highest BCUT2D eigenvalue weighted by Crippen LogP contribution is 2.49. The maximum atomic E-state index is 12.0. The first-order valence-corrected chi connectivity index (χ1v) is 7.32. The molecule has 4 atom stereocenters. The highest BCUT2D eigenvalue weighted by atomic mass is 32.2. The predicted molar refractivity (Wildman–Crippen MR) is 58.5 cm³/mol. The van der Waals surface area contributed by atoms with Gasteiger partial charge in [0.05, 0.1) is 12.2 Å². The van der Waals surface area contributed by atoms with Crippen LogP contribution in [0.1, 0.15) is 32.6 Å². The van der Waals surface area contributed by atoms with Crippen LogP contribution in [0.25, 0.3) is 0 Å². The van der Waals surface area contributed by atoms with Crippen molar-refractivity contribution in [1.82, 2.24) is 0 Å². The highest BCUT2D eigenvalue weighted by molar-refractivity contribution is 7.87. The molecule has 2 fully saturated rings. The highest BCUT2D eigenvalue weighted by Gasteiger charge is 2.60. The van der Waals surface area contributed by atoms with E-state index < -0.39 is 21.0 Å². The number of fused-ring (bicyclic) bond motifs is 1. The molecule has 0 aliphatic carbocycles. The molecule has 0 radical (unpaired) electrons. The van der Waals surface area contributed by atoms with Gasteiger partial charge >= 0.3 is 0 Å². The molecular weight excluding hydrogens is 228 g/mol. The summed E-state index contributed by atoms with van der Waals surface area (Å²) in [6.45, 7) is 2.03. The fourth-order valence-electron chi connectivity index (χ4n) is 3.08. The predicted octanol–water partition coefficient (Wildman–Crippen LogP) is 1.37. The second-order valence-corrected chi connectivity index (χ2v) is 6.65. The third-order valence-electron chi connectivity index (χ3n) is 3.73. The SMILES string of the molecule is CCC[C@@H]1C[C@]23C=C[C@H](C[C@H]2S(=O)(=O)O1)O3. The Morgan fingerprint density at radius 2 is 2.31 bits per heavy atom. The molecule has 2 bridgehead atoms. The second-order valence-electron chi connectivity index (χ2n) is 4.90. The van der Waals surface area contributed by atoms with Crippen LogP contribution in [0.3, 0.4) is 0 Å². The van der Waals surface area contributed by atoms with Gasteiger partial charge < -0.3 is 4.74 Å². The van der Waals surface area contributed by atoms with Crippen molar-refractivity contribution < 1.29 is 17.3 Å². The van der Waals surface area contributed by atoms with Crippen molar-refractivity contribution in [1.29, 1.82) is 0 Å². The van der Waals surface area contributed by atoms with E-state index in [1.807, 2.05) is 19.1 Å². The lowest BCUT2D eigenvalue weighted by molar-refractivity contribution is -0.0140. The topological polar surface area (TPSA) is 52.6 Å². The van der Waals surface area contributed by atoms with Crippen molar-refractivity contribution in [3.8, 4) is 0 Å². The molecule has 0 amide bonds. The molecule has 16 heavy (non-hydrogen) atoms. The van der Waals surface area contributed by atoms with Gasteiger partial charge in [0.15, 0.2) is 0 Å². The normalized spacial score (nSPS) is 48.2. The fourth-order valence-corrected chi connectivity index (χ4v) is 4.90. The minimum absolute atomic E-state index is 0.0243. The average Bonchev–Trinajstić information content (AvgIpc) is 2.73. The lowest BCUT2D eigenvalue weighted by Gasteiger charge is -2.38. The lowest BCUT2D eigenvalue weighted by Crippen LogP contribution is -2.51. The molecule has 0 aromatic carbocycles. The summed E-state index contributed by atoms with van der Waals surface area (Å²) in [7, 11) is -3.45. The third-order valence-corrected chi connectivity index (χ3v) is 5.56. The van der Waals surface area contributed by atoms with Gasteiger partial charge in [-0.2, -0.15) is 8.42 Å². The molecule has 0 aromatic rings. The molecule has 1 spiro atoms. The minimum Gasteiger partial charge on any atom is -0.362 e. The van der Waals surface area contributed by atoms with Crippen molar-refractivity contribution in [3.05, 3.63) is 12.2 Å². The summed E-state index contributed by atoms with van der Waals surface area (Å²) in [4.78, 5) is 0. The van der Waals surface area contributed by atoms with Gasteiger partial charge in [0, 0.05) is 6.42 Å². The lowest BCUT2D eigenvalue weighted by atomic mass is 9.87. The van der Waals surface area contributed by atoms with E-state index in [1.165, 1.54) is 0 Å². The van der Waals surface area contributed by atoms with Crippen LogP contribution in [0.15, 0.2) is 12.2 Å². The van der Waals surface area contributed by atoms with E-state index in [0.717, 1.165) is 12.8 Å². The van der Waals surface area contributed by atoms with Crippen LogP contribution >= 0.6 is 0 Å². The molecule has 0 N–H and O–H groups in total. The first-order valence-electron chi connectivity index (χ1n) is 5.85. The van der Waals surface area contributed by atoms with Gasteiger partial charge in [-0.05, 0) is 12.8 Å². The Hall–Kier alpha value is -0.390. The zero-order valence-corrected chi connectivity index (χ0v) is 10.1. The molecule has 0 aromatic heterocycles. The molecule has 2 saturated heterocycles. The quantitative estimate of drug-likeness (QED) is 0.544. The van der Waals surface area contributed by atoms with Gasteiger partial charge in [-0.3, -0.25) is 4.18 Å². The molecular formula is C11H16O4S. The Kier molecular flexibility index (Phi) is 2.22. The van der Waals surface area contributed by atoms with Gasteiger partial charge in [0.2, 0.25) is 0 Å². The first-order chi connectivity index (χ1) is 7.56. The first kappa shape index (κ1) is 10.7. The Morgan fingerprint density at radius 1 is 1.50 bits per heavy atom. The zero-order valence-electron chi connectivity index (χ0n) is 9.26. The molecule has 5 heteroatoms. The summed E-state index contributed by atoms with van der Waals surface area (Å²) in [5.41, 5.74) is -0.582. The van der Waals surface area contributed by atoms with Gasteiger partial charge in [0.1, 0.15) is 10.9 Å². The van der Waals surface area contributed by atoms with E-state index in [9.17, 15) is 8.42 Å². The zero-order chi connectivity index (χ0) is 11.4. The van der Waals surface area contributed by atoms with E-state index >= 15 is 0 Å². The molecule has 3 heterocycles. The second kappa shape index (κ2) is 3.31. The summed E-state index contributed by atoms with van der Waals surface area (Å²) < 4.78 is 35.0. The van der Waals surface area contributed by atoms with E-state index in [1.54, 1.807) is 0 Å². The summed E-state index contributed by atoms with van der Waals surface area (Å²) in [5.74, 6) is 0. The molecule has 0 unspecified atom stereocenters. The van der Waals surface area contributed by atoms with E-state index in [4.69, 9.17) is 8.92 Å². The van der Waals surface area contributed by atoms with Crippen LogP contribution in [0.5, 0.6) is 0 Å². The van der Waals surface area contributed by atoms with Crippen LogP contribution in [0.2, 0.25) is 0 Å². The standard InChI is InChI=1S/C11H16O4S/c1-2-3-9-7-11-5-4-8(14-11)6-10(11)16(12,13)15-9/h4-5,8-10H,2-3,6-7H2,1H3/t8-,9-,10-,11-/m1/s1. The summed E-state index contributed by atoms with van der Waals surface area (Å²) in [6, 6.07) is 0. The number of hydrogen-bond donors (Lipinski definition) is 0. The van der Waals surface area contributed by atoms with Crippen LogP contribution in [0.4, 0.5) is 0 Å². The van der Waals surface area contributed by atoms with Crippen LogP contribution in [0, 0.1) is 0 Å². The van der Waals surface area contributed by atoms with Gasteiger partial charge in [-0.15, -0.1) is 0 Å². The van der Waals surface area contributed by atoms with Crippen LogP contribution < -0.4 is 0 Å². The smallest absolute Gasteiger partial charge is 0.273 e. The van der Waals surface area contributed by atoms with Crippen molar-refractivity contribution in [2.24, 2.45) is 0 Å². The van der Waals surface area contributed by atoms with E-state index in [0.29, 0.717) is 12.8 Å². The molecule has 3 rings (SSSR count). The Balaban J connectivity index is 1.95. The minimum atomic E-state index is -3.45. The third kappa shape index (κ3) is 1.38. The summed E-state index contributed by atoms with van der Waals surface area (Å²) >= 11 is 0. The number of hydrogen-bond acceptors (Lipinski definition) is 4. The molecule has 0 saturated carbocycles. The van der Waals surface area contributed by atoms with Gasteiger partial charge in [-0.1, -0.05) is 25.5 Å². The van der Waals surface area contributed by atoms with E-state index in [2.05, 4.69) is 0 Å².